The van der Waals surface area contributed by atoms with Crippen molar-refractivity contribution in [3.8, 4) is 0 Å². The Balaban J connectivity index is 0.00000180. The Hall–Kier alpha value is -1.17. The number of carbonyl (C=O) groups is 1. The second-order valence-electron chi connectivity index (χ2n) is 4.48. The average molecular weight is 289 g/mol. The van der Waals surface area contributed by atoms with Gasteiger partial charge in [-0.15, -0.1) is 12.4 Å². The number of fused-ring (bicyclic) bond motifs is 1. The molecule has 4 nitrogen and oxygen atoms in total. The van der Waals surface area contributed by atoms with Crippen molar-refractivity contribution in [1.82, 2.24) is 4.90 Å². The highest BCUT2D eigenvalue weighted by atomic mass is 35.5. The molecule has 2 N–H and O–H groups in total. The molecule has 1 aromatic rings. The molecule has 1 aromatic carbocycles. The van der Waals surface area contributed by atoms with Crippen LogP contribution in [0.2, 0.25) is 0 Å². The first-order chi connectivity index (χ1) is 8.61. The van der Waals surface area contributed by atoms with Crippen LogP contribution in [0.4, 0.5) is 4.39 Å². The van der Waals surface area contributed by atoms with Crippen LogP contribution in [0.3, 0.4) is 0 Å². The summed E-state index contributed by atoms with van der Waals surface area (Å²) in [4.78, 5) is 13.7. The van der Waals surface area contributed by atoms with E-state index in [1.54, 1.807) is 11.0 Å². The molecule has 2 rings (SSSR count). The lowest BCUT2D eigenvalue weighted by molar-refractivity contribution is -0.134. The Bertz CT molecular complexity index is 456. The number of amides is 1. The molecule has 0 saturated heterocycles. The van der Waals surface area contributed by atoms with Crippen LogP contribution in [0.25, 0.3) is 0 Å². The zero-order chi connectivity index (χ0) is 13.1. The highest BCUT2D eigenvalue weighted by Crippen LogP contribution is 2.20. The molecule has 0 aromatic heterocycles. The van der Waals surface area contributed by atoms with Crippen LogP contribution in [0, 0.1) is 5.82 Å². The van der Waals surface area contributed by atoms with E-state index in [1.165, 1.54) is 19.2 Å². The largest absolute Gasteiger partial charge is 0.383 e. The predicted molar refractivity (Wildman–Crippen MR) is 72.6 cm³/mol. The molecule has 1 aliphatic rings. The predicted octanol–water partition coefficient (Wildman–Crippen LogP) is 1.11. The zero-order valence-corrected chi connectivity index (χ0v) is 11.6. The number of methoxy groups -OCH3 is 1. The van der Waals surface area contributed by atoms with Crippen molar-refractivity contribution >= 4 is 18.3 Å². The first-order valence-electron chi connectivity index (χ1n) is 5.92. The summed E-state index contributed by atoms with van der Waals surface area (Å²) in [6.07, 6.45) is 0.665. The quantitative estimate of drug-likeness (QED) is 0.906. The van der Waals surface area contributed by atoms with Gasteiger partial charge in [-0.2, -0.15) is 0 Å². The number of hydrogen-bond donors (Lipinski definition) is 1. The number of ether oxygens (including phenoxy) is 1. The maximum absolute atomic E-state index is 13.1. The minimum atomic E-state index is -0.628. The molecular formula is C13H18ClFN2O2. The summed E-state index contributed by atoms with van der Waals surface area (Å²) in [5, 5.41) is 0. The molecule has 0 aliphatic carbocycles. The lowest BCUT2D eigenvalue weighted by atomic mass is 9.99. The number of halogens is 2. The summed E-state index contributed by atoms with van der Waals surface area (Å²) in [5.74, 6) is -0.351. The van der Waals surface area contributed by atoms with Crippen molar-refractivity contribution in [2.45, 2.75) is 19.0 Å². The second kappa shape index (κ2) is 6.84. The molecule has 1 amide bonds. The topological polar surface area (TPSA) is 55.6 Å². The van der Waals surface area contributed by atoms with Crippen molar-refractivity contribution in [2.75, 3.05) is 20.3 Å². The second-order valence-corrected chi connectivity index (χ2v) is 4.48. The van der Waals surface area contributed by atoms with Crippen LogP contribution >= 0.6 is 12.4 Å². The highest BCUT2D eigenvalue weighted by molar-refractivity contribution is 5.85. The Morgan fingerprint density at radius 1 is 1.53 bits per heavy atom. The standard InChI is InChI=1S/C13H17FN2O2.ClH/c1-18-8-12(15)13(17)16-5-4-9-6-11(14)3-2-10(9)7-16;/h2-3,6,12H,4-5,7-8,15H2,1H3;1H. The lowest BCUT2D eigenvalue weighted by Gasteiger charge is -2.30. The Kier molecular flexibility index (Phi) is 5.72. The average Bonchev–Trinajstić information content (AvgIpc) is 2.37. The van der Waals surface area contributed by atoms with Gasteiger partial charge in [0.05, 0.1) is 6.61 Å². The van der Waals surface area contributed by atoms with Gasteiger partial charge in [0.1, 0.15) is 11.9 Å². The van der Waals surface area contributed by atoms with Crippen LogP contribution in [-0.4, -0.2) is 37.1 Å². The summed E-state index contributed by atoms with van der Waals surface area (Å²) in [5.41, 5.74) is 7.68. The Morgan fingerprint density at radius 3 is 2.95 bits per heavy atom. The highest BCUT2D eigenvalue weighted by Gasteiger charge is 2.25. The third-order valence-corrected chi connectivity index (χ3v) is 3.16. The van der Waals surface area contributed by atoms with E-state index >= 15 is 0 Å². The molecule has 0 radical (unpaired) electrons. The molecule has 1 aliphatic heterocycles. The van der Waals surface area contributed by atoms with Crippen LogP contribution < -0.4 is 5.73 Å². The molecular weight excluding hydrogens is 271 g/mol. The van der Waals surface area contributed by atoms with Gasteiger partial charge < -0.3 is 15.4 Å². The van der Waals surface area contributed by atoms with E-state index in [9.17, 15) is 9.18 Å². The monoisotopic (exact) mass is 288 g/mol. The van der Waals surface area contributed by atoms with Gasteiger partial charge in [0.15, 0.2) is 0 Å². The maximum atomic E-state index is 13.1. The van der Waals surface area contributed by atoms with E-state index in [-0.39, 0.29) is 30.7 Å². The maximum Gasteiger partial charge on any atom is 0.242 e. The van der Waals surface area contributed by atoms with E-state index in [1.807, 2.05) is 0 Å². The summed E-state index contributed by atoms with van der Waals surface area (Å²) >= 11 is 0. The number of nitrogens with two attached hydrogens (primary N) is 1. The van der Waals surface area contributed by atoms with Crippen LogP contribution in [0.1, 0.15) is 11.1 Å². The smallest absolute Gasteiger partial charge is 0.242 e. The third kappa shape index (κ3) is 3.65. The van der Waals surface area contributed by atoms with Gasteiger partial charge in [0, 0.05) is 20.2 Å². The van der Waals surface area contributed by atoms with Crippen molar-refractivity contribution in [3.63, 3.8) is 0 Å². The van der Waals surface area contributed by atoms with Crippen molar-refractivity contribution in [3.05, 3.63) is 35.1 Å². The van der Waals surface area contributed by atoms with Crippen molar-refractivity contribution in [2.24, 2.45) is 5.73 Å². The zero-order valence-electron chi connectivity index (χ0n) is 10.8. The number of hydrogen-bond acceptors (Lipinski definition) is 3. The molecule has 1 heterocycles. The van der Waals surface area contributed by atoms with Crippen LogP contribution in [0.15, 0.2) is 18.2 Å². The van der Waals surface area contributed by atoms with Gasteiger partial charge in [-0.3, -0.25) is 4.79 Å². The van der Waals surface area contributed by atoms with E-state index in [0.717, 1.165) is 11.1 Å². The first kappa shape index (κ1) is 15.9. The summed E-state index contributed by atoms with van der Waals surface area (Å²) in [6, 6.07) is 4.05. The number of nitrogens with zero attached hydrogens (tertiary/aromatic N) is 1. The van der Waals surface area contributed by atoms with Gasteiger partial charge >= 0.3 is 0 Å². The fourth-order valence-corrected chi connectivity index (χ4v) is 2.20. The molecule has 0 saturated carbocycles. The van der Waals surface area contributed by atoms with Gasteiger partial charge in [0.25, 0.3) is 0 Å². The summed E-state index contributed by atoms with van der Waals surface area (Å²) in [6.45, 7) is 1.28. The fraction of sp³-hybridized carbons (Fsp3) is 0.462. The number of benzene rings is 1. The van der Waals surface area contributed by atoms with Crippen LogP contribution in [-0.2, 0) is 22.5 Å². The van der Waals surface area contributed by atoms with E-state index < -0.39 is 6.04 Å². The van der Waals surface area contributed by atoms with Gasteiger partial charge in [-0.1, -0.05) is 6.07 Å². The first-order valence-corrected chi connectivity index (χ1v) is 5.92. The van der Waals surface area contributed by atoms with Crippen molar-refractivity contribution in [1.29, 1.82) is 0 Å². The molecule has 1 atom stereocenters. The van der Waals surface area contributed by atoms with Gasteiger partial charge in [-0.25, -0.2) is 4.39 Å². The van der Waals surface area contributed by atoms with Gasteiger partial charge in [0.2, 0.25) is 5.91 Å². The lowest BCUT2D eigenvalue weighted by Crippen LogP contribution is -2.47. The molecule has 106 valence electrons. The van der Waals surface area contributed by atoms with E-state index in [4.69, 9.17) is 10.5 Å². The summed E-state index contributed by atoms with van der Waals surface area (Å²) in [7, 11) is 1.52. The Labute approximate surface area is 118 Å². The molecule has 0 bridgehead atoms. The number of rotatable bonds is 3. The Morgan fingerprint density at radius 2 is 2.26 bits per heavy atom. The minimum absolute atomic E-state index is 0. The summed E-state index contributed by atoms with van der Waals surface area (Å²) < 4.78 is 17.9. The van der Waals surface area contributed by atoms with Crippen LogP contribution in [0.5, 0.6) is 0 Å². The molecule has 19 heavy (non-hydrogen) atoms. The molecule has 0 spiro atoms. The fourth-order valence-electron chi connectivity index (χ4n) is 2.20. The van der Waals surface area contributed by atoms with E-state index in [0.29, 0.717) is 19.5 Å². The third-order valence-electron chi connectivity index (χ3n) is 3.16. The normalized spacial score (nSPS) is 15.4. The molecule has 6 heteroatoms. The molecule has 0 fully saturated rings. The van der Waals surface area contributed by atoms with Crippen molar-refractivity contribution < 1.29 is 13.9 Å². The van der Waals surface area contributed by atoms with Gasteiger partial charge in [-0.05, 0) is 29.7 Å². The SMILES string of the molecule is COCC(N)C(=O)N1CCc2cc(F)ccc2C1.Cl. The number of carbonyl (C=O) groups excluding carboxylic acids is 1. The van der Waals surface area contributed by atoms with E-state index in [2.05, 4.69) is 0 Å². The molecule has 1 unspecified atom stereocenters. The minimum Gasteiger partial charge on any atom is -0.383 e.